The zero-order chi connectivity index (χ0) is 21.2. The number of halogens is 1. The van der Waals surface area contributed by atoms with Crippen molar-refractivity contribution in [1.82, 2.24) is 20.0 Å². The maximum Gasteiger partial charge on any atom is 0.194 e. The van der Waals surface area contributed by atoms with Crippen LogP contribution < -0.4 is 5.32 Å². The van der Waals surface area contributed by atoms with Crippen molar-refractivity contribution in [2.75, 3.05) is 77.0 Å². The Bertz CT molecular complexity index is 794. The number of sulfone groups is 1. The van der Waals surface area contributed by atoms with Crippen molar-refractivity contribution in [3.05, 3.63) is 42.0 Å². The lowest BCUT2D eigenvalue weighted by Gasteiger charge is -2.36. The Morgan fingerprint density at radius 2 is 1.71 bits per heavy atom. The van der Waals surface area contributed by atoms with E-state index in [1.807, 2.05) is 6.07 Å². The molecule has 2 saturated heterocycles. The Balaban J connectivity index is 0.00000341. The van der Waals surface area contributed by atoms with Crippen molar-refractivity contribution in [3.8, 4) is 0 Å². The molecule has 7 nitrogen and oxygen atoms in total. The molecule has 2 fully saturated rings. The smallest absolute Gasteiger partial charge is 0.194 e. The number of rotatable bonds is 7. The molecule has 1 N–H and O–H groups in total. The van der Waals surface area contributed by atoms with Crippen LogP contribution in [0.1, 0.15) is 12.5 Å². The average Bonchev–Trinajstić information content (AvgIpc) is 2.76. The highest BCUT2D eigenvalue weighted by atomic mass is 127. The van der Waals surface area contributed by atoms with Gasteiger partial charge in [0.1, 0.15) is 0 Å². The van der Waals surface area contributed by atoms with E-state index in [1.165, 1.54) is 5.56 Å². The summed E-state index contributed by atoms with van der Waals surface area (Å²) < 4.78 is 23.1. The van der Waals surface area contributed by atoms with Crippen LogP contribution in [0.15, 0.2) is 41.4 Å². The molecule has 0 unspecified atom stereocenters. The summed E-state index contributed by atoms with van der Waals surface area (Å²) in [6.07, 6.45) is 4.42. The lowest BCUT2D eigenvalue weighted by molar-refractivity contribution is 0.194. The fourth-order valence-electron chi connectivity index (χ4n) is 3.74. The van der Waals surface area contributed by atoms with E-state index < -0.39 is 9.84 Å². The summed E-state index contributed by atoms with van der Waals surface area (Å²) in [5.74, 6) is 1.52. The zero-order valence-corrected chi connectivity index (χ0v) is 21.6. The van der Waals surface area contributed by atoms with Crippen molar-refractivity contribution in [2.45, 2.75) is 6.92 Å². The van der Waals surface area contributed by atoms with Crippen LogP contribution in [-0.2, 0) is 9.84 Å². The number of guanidine groups is 1. The fraction of sp³-hybridized carbons (Fsp3) is 0.591. The molecular formula is C22H36IN5O2S. The Labute approximate surface area is 204 Å². The van der Waals surface area contributed by atoms with Gasteiger partial charge >= 0.3 is 0 Å². The van der Waals surface area contributed by atoms with Gasteiger partial charge in [-0.3, -0.25) is 14.8 Å². The first kappa shape index (κ1) is 26.1. The van der Waals surface area contributed by atoms with Crippen molar-refractivity contribution in [3.63, 3.8) is 0 Å². The van der Waals surface area contributed by atoms with Gasteiger partial charge in [-0.1, -0.05) is 42.5 Å². The summed E-state index contributed by atoms with van der Waals surface area (Å²) in [5, 5.41) is 3.41. The number of aliphatic imine (C=N–C) groups is 1. The molecular weight excluding hydrogens is 525 g/mol. The molecule has 2 aliphatic heterocycles. The monoisotopic (exact) mass is 561 g/mol. The third-order valence-corrected chi connectivity index (χ3v) is 7.20. The van der Waals surface area contributed by atoms with Crippen LogP contribution in [0.5, 0.6) is 0 Å². The summed E-state index contributed by atoms with van der Waals surface area (Å²) in [4.78, 5) is 11.8. The molecule has 0 aromatic heterocycles. The van der Waals surface area contributed by atoms with Crippen LogP contribution in [0.2, 0.25) is 0 Å². The van der Waals surface area contributed by atoms with Crippen LogP contribution in [-0.4, -0.2) is 106 Å². The van der Waals surface area contributed by atoms with E-state index in [2.05, 4.69) is 63.4 Å². The Morgan fingerprint density at radius 1 is 1.03 bits per heavy atom. The lowest BCUT2D eigenvalue weighted by Crippen LogP contribution is -2.52. The van der Waals surface area contributed by atoms with Gasteiger partial charge in [0, 0.05) is 58.9 Å². The summed E-state index contributed by atoms with van der Waals surface area (Å²) in [6, 6.07) is 10.4. The third kappa shape index (κ3) is 9.07. The minimum Gasteiger partial charge on any atom is -0.357 e. The summed E-state index contributed by atoms with van der Waals surface area (Å²) >= 11 is 0. The molecule has 0 amide bonds. The predicted octanol–water partition coefficient (Wildman–Crippen LogP) is 1.63. The highest BCUT2D eigenvalue weighted by Crippen LogP contribution is 2.06. The van der Waals surface area contributed by atoms with Gasteiger partial charge in [-0.15, -0.1) is 24.0 Å². The molecule has 0 saturated carbocycles. The topological polar surface area (TPSA) is 68.2 Å². The Hall–Kier alpha value is -1.17. The first-order valence-corrected chi connectivity index (χ1v) is 12.8. The second-order valence-corrected chi connectivity index (χ2v) is 10.1. The summed E-state index contributed by atoms with van der Waals surface area (Å²) in [6.45, 7) is 10.6. The number of nitrogens with zero attached hydrogens (tertiary/aromatic N) is 4. The highest BCUT2D eigenvalue weighted by Gasteiger charge is 2.22. The van der Waals surface area contributed by atoms with Gasteiger partial charge in [0.25, 0.3) is 0 Å². The Kier molecular flexibility index (Phi) is 11.3. The first-order chi connectivity index (χ1) is 14.6. The minimum atomic E-state index is -2.82. The van der Waals surface area contributed by atoms with Gasteiger partial charge in [-0.05, 0) is 12.5 Å². The second kappa shape index (κ2) is 13.4. The number of hydrogen-bond acceptors (Lipinski definition) is 5. The van der Waals surface area contributed by atoms with Crippen LogP contribution in [0, 0.1) is 0 Å². The van der Waals surface area contributed by atoms with Gasteiger partial charge in [-0.25, -0.2) is 8.42 Å². The molecule has 1 aromatic carbocycles. The summed E-state index contributed by atoms with van der Waals surface area (Å²) in [7, 11) is -2.82. The van der Waals surface area contributed by atoms with Gasteiger partial charge in [-0.2, -0.15) is 0 Å². The quantitative estimate of drug-likeness (QED) is 0.310. The molecule has 0 radical (unpaired) electrons. The molecule has 31 heavy (non-hydrogen) atoms. The van der Waals surface area contributed by atoms with Crippen molar-refractivity contribution < 1.29 is 8.42 Å². The van der Waals surface area contributed by atoms with Crippen molar-refractivity contribution >= 4 is 45.8 Å². The van der Waals surface area contributed by atoms with E-state index in [-0.39, 0.29) is 35.5 Å². The predicted molar refractivity (Wildman–Crippen MR) is 140 cm³/mol. The highest BCUT2D eigenvalue weighted by molar-refractivity contribution is 14.0. The Morgan fingerprint density at radius 3 is 2.35 bits per heavy atom. The normalized spacial score (nSPS) is 20.5. The number of benzene rings is 1. The van der Waals surface area contributed by atoms with E-state index in [0.29, 0.717) is 19.6 Å². The van der Waals surface area contributed by atoms with E-state index >= 15 is 0 Å². The van der Waals surface area contributed by atoms with Crippen LogP contribution in [0.25, 0.3) is 6.08 Å². The average molecular weight is 562 g/mol. The number of nitrogens with one attached hydrogen (secondary N) is 1. The molecule has 1 aromatic rings. The molecule has 174 valence electrons. The fourth-order valence-corrected chi connectivity index (χ4v) is 5.02. The maximum atomic E-state index is 11.6. The molecule has 9 heteroatoms. The molecule has 0 spiro atoms. The largest absolute Gasteiger partial charge is 0.357 e. The molecule has 0 bridgehead atoms. The van der Waals surface area contributed by atoms with E-state index in [9.17, 15) is 8.42 Å². The van der Waals surface area contributed by atoms with Gasteiger partial charge in [0.2, 0.25) is 0 Å². The van der Waals surface area contributed by atoms with Gasteiger partial charge in [0.15, 0.2) is 15.8 Å². The molecule has 2 heterocycles. The van der Waals surface area contributed by atoms with Crippen LogP contribution in [0.4, 0.5) is 0 Å². The summed E-state index contributed by atoms with van der Waals surface area (Å²) in [5.41, 5.74) is 1.24. The lowest BCUT2D eigenvalue weighted by atomic mass is 10.2. The van der Waals surface area contributed by atoms with Crippen molar-refractivity contribution in [2.24, 2.45) is 4.99 Å². The molecule has 0 atom stereocenters. The second-order valence-electron chi connectivity index (χ2n) is 7.83. The molecule has 3 rings (SSSR count). The molecule has 2 aliphatic rings. The van der Waals surface area contributed by atoms with Crippen LogP contribution in [0.3, 0.4) is 0 Å². The number of piperazine rings is 1. The minimum absolute atomic E-state index is 0. The third-order valence-electron chi connectivity index (χ3n) is 5.60. The SMILES string of the molecule is CCNC(=NCCN1CCS(=O)(=O)CC1)N1CCN(C/C=C/c2ccccc2)CC1.I. The zero-order valence-electron chi connectivity index (χ0n) is 18.4. The maximum absolute atomic E-state index is 11.6. The molecule has 0 aliphatic carbocycles. The van der Waals surface area contributed by atoms with Gasteiger partial charge in [0.05, 0.1) is 18.1 Å². The van der Waals surface area contributed by atoms with Gasteiger partial charge < -0.3 is 10.2 Å². The standard InChI is InChI=1S/C22H35N5O2S.HI/c1-2-23-22(24-10-12-26-17-19-30(28,29)20-18-26)27-15-13-25(14-16-27)11-6-9-21-7-4-3-5-8-21;/h3-9H,2,10-20H2,1H3,(H,23,24);1H/b9-6+;. The number of hydrogen-bond donors (Lipinski definition) is 1. The van der Waals surface area contributed by atoms with E-state index in [1.54, 1.807) is 0 Å². The van der Waals surface area contributed by atoms with Crippen molar-refractivity contribution in [1.29, 1.82) is 0 Å². The van der Waals surface area contributed by atoms with E-state index in [4.69, 9.17) is 4.99 Å². The van der Waals surface area contributed by atoms with Crippen LogP contribution >= 0.6 is 24.0 Å². The first-order valence-electron chi connectivity index (χ1n) is 11.0. The van der Waals surface area contributed by atoms with E-state index in [0.717, 1.165) is 51.8 Å².